The third-order valence-corrected chi connectivity index (χ3v) is 2.80. The summed E-state index contributed by atoms with van der Waals surface area (Å²) < 4.78 is 0. The van der Waals surface area contributed by atoms with Gasteiger partial charge in [-0.15, -0.1) is 0 Å². The SMILES string of the molecule is CC(=CC(=O)O)CN(C)C1CCNCC1. The normalized spacial score (nSPS) is 19.5. The van der Waals surface area contributed by atoms with Gasteiger partial charge in [0.15, 0.2) is 0 Å². The minimum absolute atomic E-state index is 0.586. The van der Waals surface area contributed by atoms with Crippen LogP contribution in [0.4, 0.5) is 0 Å². The monoisotopic (exact) mass is 212 g/mol. The number of likely N-dealkylation sites (N-methyl/N-ethyl adjacent to an activating group) is 1. The van der Waals surface area contributed by atoms with Gasteiger partial charge in [0.2, 0.25) is 0 Å². The number of carboxylic acids is 1. The summed E-state index contributed by atoms with van der Waals surface area (Å²) in [6, 6.07) is 0.586. The van der Waals surface area contributed by atoms with Gasteiger partial charge in [-0.3, -0.25) is 4.90 Å². The van der Waals surface area contributed by atoms with Crippen molar-refractivity contribution in [2.24, 2.45) is 0 Å². The molecule has 1 aliphatic heterocycles. The summed E-state index contributed by atoms with van der Waals surface area (Å²) in [6.45, 7) is 4.75. The van der Waals surface area contributed by atoms with Gasteiger partial charge in [-0.1, -0.05) is 5.57 Å². The Balaban J connectivity index is 2.39. The van der Waals surface area contributed by atoms with Crippen molar-refractivity contribution in [3.63, 3.8) is 0 Å². The minimum atomic E-state index is -0.855. The smallest absolute Gasteiger partial charge is 0.328 e. The molecule has 0 amide bonds. The number of rotatable bonds is 4. The lowest BCUT2D eigenvalue weighted by atomic mass is 10.0. The predicted molar refractivity (Wildman–Crippen MR) is 59.9 cm³/mol. The molecule has 1 rings (SSSR count). The number of carbonyl (C=O) groups is 1. The third kappa shape index (κ3) is 4.44. The molecule has 0 bridgehead atoms. The summed E-state index contributed by atoms with van der Waals surface area (Å²) in [7, 11) is 2.06. The molecule has 2 N–H and O–H groups in total. The molecule has 0 aromatic heterocycles. The van der Waals surface area contributed by atoms with E-state index in [1.165, 1.54) is 6.08 Å². The van der Waals surface area contributed by atoms with Crippen LogP contribution in [0.1, 0.15) is 19.8 Å². The van der Waals surface area contributed by atoms with Crippen molar-refractivity contribution in [2.75, 3.05) is 26.7 Å². The Labute approximate surface area is 91.0 Å². The first-order valence-corrected chi connectivity index (χ1v) is 5.40. The molecule has 4 heteroatoms. The number of nitrogens with one attached hydrogen (secondary N) is 1. The first-order chi connectivity index (χ1) is 7.09. The maximum absolute atomic E-state index is 10.5. The molecule has 1 fully saturated rings. The van der Waals surface area contributed by atoms with E-state index in [0.29, 0.717) is 6.04 Å². The van der Waals surface area contributed by atoms with E-state index < -0.39 is 5.97 Å². The van der Waals surface area contributed by atoms with Gasteiger partial charge >= 0.3 is 5.97 Å². The van der Waals surface area contributed by atoms with E-state index in [1.54, 1.807) is 0 Å². The highest BCUT2D eigenvalue weighted by molar-refractivity contribution is 5.80. The highest BCUT2D eigenvalue weighted by Gasteiger charge is 2.17. The van der Waals surface area contributed by atoms with Crippen LogP contribution >= 0.6 is 0 Å². The van der Waals surface area contributed by atoms with E-state index in [4.69, 9.17) is 5.11 Å². The lowest BCUT2D eigenvalue weighted by molar-refractivity contribution is -0.131. The molecule has 4 nitrogen and oxygen atoms in total. The standard InChI is InChI=1S/C11H20N2O2/c1-9(7-11(14)15)8-13(2)10-3-5-12-6-4-10/h7,10,12H,3-6,8H2,1-2H3,(H,14,15). The lowest BCUT2D eigenvalue weighted by Crippen LogP contribution is -2.41. The van der Waals surface area contributed by atoms with E-state index in [9.17, 15) is 4.79 Å². The second kappa shape index (κ2) is 5.88. The Morgan fingerprint density at radius 2 is 2.13 bits per heavy atom. The zero-order valence-corrected chi connectivity index (χ0v) is 9.49. The van der Waals surface area contributed by atoms with Gasteiger partial charge in [-0.05, 0) is 39.9 Å². The topological polar surface area (TPSA) is 52.6 Å². The van der Waals surface area contributed by atoms with Gasteiger partial charge in [0.05, 0.1) is 0 Å². The molecule has 0 saturated carbocycles. The largest absolute Gasteiger partial charge is 0.478 e. The number of nitrogens with zero attached hydrogens (tertiary/aromatic N) is 1. The van der Waals surface area contributed by atoms with Crippen molar-refractivity contribution in [1.29, 1.82) is 0 Å². The molecular weight excluding hydrogens is 192 g/mol. The van der Waals surface area contributed by atoms with Crippen molar-refractivity contribution in [3.8, 4) is 0 Å². The summed E-state index contributed by atoms with van der Waals surface area (Å²) in [4.78, 5) is 12.7. The molecule has 0 atom stereocenters. The highest BCUT2D eigenvalue weighted by atomic mass is 16.4. The van der Waals surface area contributed by atoms with Crippen LogP contribution in [0.3, 0.4) is 0 Å². The lowest BCUT2D eigenvalue weighted by Gasteiger charge is -2.31. The van der Waals surface area contributed by atoms with E-state index >= 15 is 0 Å². The number of hydrogen-bond donors (Lipinski definition) is 2. The van der Waals surface area contributed by atoms with E-state index in [0.717, 1.165) is 38.0 Å². The van der Waals surface area contributed by atoms with Crippen LogP contribution < -0.4 is 5.32 Å². The van der Waals surface area contributed by atoms with Gasteiger partial charge in [-0.25, -0.2) is 4.79 Å². The predicted octanol–water partition coefficient (Wildman–Crippen LogP) is 0.701. The van der Waals surface area contributed by atoms with Crippen LogP contribution in [0, 0.1) is 0 Å². The van der Waals surface area contributed by atoms with Crippen LogP contribution in [-0.2, 0) is 4.79 Å². The molecule has 15 heavy (non-hydrogen) atoms. The second-order valence-corrected chi connectivity index (χ2v) is 4.23. The fourth-order valence-corrected chi connectivity index (χ4v) is 2.03. The van der Waals surface area contributed by atoms with E-state index in [-0.39, 0.29) is 0 Å². The van der Waals surface area contributed by atoms with Gasteiger partial charge in [0.1, 0.15) is 0 Å². The maximum Gasteiger partial charge on any atom is 0.328 e. The van der Waals surface area contributed by atoms with Gasteiger partial charge in [0.25, 0.3) is 0 Å². The van der Waals surface area contributed by atoms with E-state index in [1.807, 2.05) is 6.92 Å². The molecule has 1 heterocycles. The summed E-state index contributed by atoms with van der Waals surface area (Å²) >= 11 is 0. The van der Waals surface area contributed by atoms with Crippen molar-refractivity contribution in [3.05, 3.63) is 11.6 Å². The fourth-order valence-electron chi connectivity index (χ4n) is 2.03. The number of carboxylic acid groups (broad SMARTS) is 1. The first-order valence-electron chi connectivity index (χ1n) is 5.40. The Hall–Kier alpha value is -0.870. The van der Waals surface area contributed by atoms with Crippen LogP contribution in [0.15, 0.2) is 11.6 Å². The molecule has 1 saturated heterocycles. The van der Waals surface area contributed by atoms with E-state index in [2.05, 4.69) is 17.3 Å². The highest BCUT2D eigenvalue weighted by Crippen LogP contribution is 2.11. The quantitative estimate of drug-likeness (QED) is 0.674. The Bertz CT molecular complexity index is 245. The van der Waals surface area contributed by atoms with Crippen molar-refractivity contribution >= 4 is 5.97 Å². The van der Waals surface area contributed by atoms with Gasteiger partial charge < -0.3 is 10.4 Å². The van der Waals surface area contributed by atoms with Crippen molar-refractivity contribution in [2.45, 2.75) is 25.8 Å². The first kappa shape index (κ1) is 12.2. The number of piperidine rings is 1. The van der Waals surface area contributed by atoms with Crippen LogP contribution in [0.5, 0.6) is 0 Å². The second-order valence-electron chi connectivity index (χ2n) is 4.23. The molecule has 0 unspecified atom stereocenters. The average Bonchev–Trinajstić information content (AvgIpc) is 2.17. The third-order valence-electron chi connectivity index (χ3n) is 2.80. The maximum atomic E-state index is 10.5. The number of hydrogen-bond acceptors (Lipinski definition) is 3. The Kier molecular flexibility index (Phi) is 4.78. The molecular formula is C11H20N2O2. The zero-order chi connectivity index (χ0) is 11.3. The Morgan fingerprint density at radius 1 is 1.53 bits per heavy atom. The van der Waals surface area contributed by atoms with Crippen LogP contribution in [-0.4, -0.2) is 48.7 Å². The number of aliphatic carboxylic acids is 1. The molecule has 86 valence electrons. The Morgan fingerprint density at radius 3 is 2.67 bits per heavy atom. The minimum Gasteiger partial charge on any atom is -0.478 e. The zero-order valence-electron chi connectivity index (χ0n) is 9.49. The summed E-state index contributed by atoms with van der Waals surface area (Å²) in [5.74, 6) is -0.855. The van der Waals surface area contributed by atoms with Crippen molar-refractivity contribution < 1.29 is 9.90 Å². The molecule has 0 aliphatic carbocycles. The van der Waals surface area contributed by atoms with Gasteiger partial charge in [-0.2, -0.15) is 0 Å². The average molecular weight is 212 g/mol. The summed E-state index contributed by atoms with van der Waals surface area (Å²) in [5, 5.41) is 11.9. The fraction of sp³-hybridized carbons (Fsp3) is 0.727. The molecule has 0 spiro atoms. The summed E-state index contributed by atoms with van der Waals surface area (Å²) in [5.41, 5.74) is 0.906. The molecule has 0 aromatic rings. The van der Waals surface area contributed by atoms with Crippen molar-refractivity contribution in [1.82, 2.24) is 10.2 Å². The molecule has 0 aromatic carbocycles. The van der Waals surface area contributed by atoms with Gasteiger partial charge in [0, 0.05) is 18.7 Å². The molecule has 0 radical (unpaired) electrons. The van der Waals surface area contributed by atoms with Crippen LogP contribution in [0.2, 0.25) is 0 Å². The molecule has 1 aliphatic rings. The van der Waals surface area contributed by atoms with Crippen LogP contribution in [0.25, 0.3) is 0 Å². The summed E-state index contributed by atoms with van der Waals surface area (Å²) in [6.07, 6.45) is 3.59.